The van der Waals surface area contributed by atoms with Gasteiger partial charge in [0.1, 0.15) is 0 Å². The first kappa shape index (κ1) is 10.5. The Hall–Kier alpha value is -0.620. The average molecular weight is 180 g/mol. The Morgan fingerprint density at radius 2 is 2.00 bits per heavy atom. The summed E-state index contributed by atoms with van der Waals surface area (Å²) < 4.78 is 0. The monoisotopic (exact) mass is 180 g/mol. The zero-order valence-electron chi connectivity index (χ0n) is 9.01. The molecule has 1 saturated carbocycles. The maximum absolute atomic E-state index is 4.31. The average Bonchev–Trinajstić information content (AvgIpc) is 2.23. The molecule has 1 unspecified atom stereocenters. The van der Waals surface area contributed by atoms with Crippen molar-refractivity contribution in [2.45, 2.75) is 52.0 Å². The van der Waals surface area contributed by atoms with E-state index in [1.165, 1.54) is 32.1 Å². The molecule has 1 aliphatic rings. The lowest BCUT2D eigenvalue weighted by atomic mass is 9.85. The molecule has 0 amide bonds. The molecule has 0 heterocycles. The number of hydrogen-bond acceptors (Lipinski definition) is 2. The minimum absolute atomic E-state index is 0.477. The first-order valence-electron chi connectivity index (χ1n) is 5.18. The van der Waals surface area contributed by atoms with Crippen molar-refractivity contribution in [3.8, 4) is 0 Å². The first-order valence-corrected chi connectivity index (χ1v) is 5.18. The Labute approximate surface area is 81.2 Å². The molecule has 0 bridgehead atoms. The number of aliphatic imine (C=N–C) groups is 2. The molecule has 0 radical (unpaired) electrons. The van der Waals surface area contributed by atoms with Gasteiger partial charge in [-0.05, 0) is 31.1 Å². The molecule has 0 aromatic heterocycles. The van der Waals surface area contributed by atoms with Gasteiger partial charge in [-0.25, -0.2) is 9.98 Å². The normalized spacial score (nSPS) is 27.2. The largest absolute Gasteiger partial charge is 0.229 e. The molecule has 1 atom stereocenters. The molecule has 2 nitrogen and oxygen atoms in total. The summed E-state index contributed by atoms with van der Waals surface area (Å²) in [5, 5.41) is 0. The van der Waals surface area contributed by atoms with Crippen LogP contribution in [-0.4, -0.2) is 19.1 Å². The van der Waals surface area contributed by atoms with E-state index in [0.29, 0.717) is 11.5 Å². The molecule has 2 heteroatoms. The second-order valence-corrected chi connectivity index (χ2v) is 4.70. The van der Waals surface area contributed by atoms with Crippen LogP contribution in [0.5, 0.6) is 0 Å². The second-order valence-electron chi connectivity index (χ2n) is 4.70. The van der Waals surface area contributed by atoms with Gasteiger partial charge in [0.2, 0.25) is 0 Å². The van der Waals surface area contributed by atoms with Crippen molar-refractivity contribution in [3.63, 3.8) is 0 Å². The summed E-state index contributed by atoms with van der Waals surface area (Å²) >= 11 is 0. The Bertz CT molecular complexity index is 212. The zero-order chi connectivity index (χ0) is 9.73. The molecule has 0 spiro atoms. The molecule has 0 aromatic carbocycles. The highest BCUT2D eigenvalue weighted by Gasteiger charge is 2.23. The van der Waals surface area contributed by atoms with Crippen molar-refractivity contribution in [1.82, 2.24) is 0 Å². The molecular weight excluding hydrogens is 160 g/mol. The van der Waals surface area contributed by atoms with Crippen molar-refractivity contribution < 1.29 is 0 Å². The minimum atomic E-state index is 0.477. The second kappa shape index (κ2) is 4.57. The van der Waals surface area contributed by atoms with Crippen molar-refractivity contribution in [2.75, 3.05) is 7.05 Å². The molecule has 13 heavy (non-hydrogen) atoms. The Kier molecular flexibility index (Phi) is 3.68. The maximum atomic E-state index is 4.31. The third-order valence-electron chi connectivity index (χ3n) is 2.89. The lowest BCUT2D eigenvalue weighted by Crippen LogP contribution is -2.09. The fraction of sp³-hybridized carbons (Fsp3) is 0.909. The Morgan fingerprint density at radius 3 is 2.69 bits per heavy atom. The van der Waals surface area contributed by atoms with Crippen molar-refractivity contribution >= 4 is 6.01 Å². The molecule has 0 saturated heterocycles. The van der Waals surface area contributed by atoms with E-state index in [2.05, 4.69) is 29.8 Å². The van der Waals surface area contributed by atoms with Gasteiger partial charge < -0.3 is 0 Å². The lowest BCUT2D eigenvalue weighted by molar-refractivity contribution is 0.313. The standard InChI is InChI=1S/C11H20N2/c1-11(2)7-4-5-10(6-8-11)13-9-12-3/h10H,4-8H2,1-3H3. The van der Waals surface area contributed by atoms with Gasteiger partial charge >= 0.3 is 0 Å². The van der Waals surface area contributed by atoms with Crippen LogP contribution in [0.15, 0.2) is 9.98 Å². The van der Waals surface area contributed by atoms with E-state index in [0.717, 1.165) is 0 Å². The maximum Gasteiger partial charge on any atom is 0.0892 e. The van der Waals surface area contributed by atoms with E-state index < -0.39 is 0 Å². The fourth-order valence-electron chi connectivity index (χ4n) is 1.91. The fourth-order valence-corrected chi connectivity index (χ4v) is 1.91. The lowest BCUT2D eigenvalue weighted by Gasteiger charge is -2.21. The van der Waals surface area contributed by atoms with Gasteiger partial charge in [-0.2, -0.15) is 0 Å². The van der Waals surface area contributed by atoms with E-state index in [1.54, 1.807) is 7.05 Å². The number of hydrogen-bond donors (Lipinski definition) is 0. The van der Waals surface area contributed by atoms with Crippen LogP contribution in [0.4, 0.5) is 0 Å². The smallest absolute Gasteiger partial charge is 0.0892 e. The van der Waals surface area contributed by atoms with E-state index in [4.69, 9.17) is 0 Å². The minimum Gasteiger partial charge on any atom is -0.229 e. The number of nitrogens with zero attached hydrogens (tertiary/aromatic N) is 2. The van der Waals surface area contributed by atoms with Crippen LogP contribution in [-0.2, 0) is 0 Å². The summed E-state index contributed by atoms with van der Waals surface area (Å²) in [5.41, 5.74) is 0.521. The van der Waals surface area contributed by atoms with Gasteiger partial charge in [0.25, 0.3) is 0 Å². The van der Waals surface area contributed by atoms with E-state index in [1.807, 2.05) is 0 Å². The van der Waals surface area contributed by atoms with Crippen LogP contribution in [0, 0.1) is 5.41 Å². The molecule has 0 aliphatic heterocycles. The molecule has 0 N–H and O–H groups in total. The summed E-state index contributed by atoms with van der Waals surface area (Å²) in [4.78, 5) is 8.09. The SMILES string of the molecule is CN=C=NC1CCCC(C)(C)CC1. The van der Waals surface area contributed by atoms with Crippen LogP contribution in [0.1, 0.15) is 46.0 Å². The molecular formula is C11H20N2. The predicted octanol–water partition coefficient (Wildman–Crippen LogP) is 3.15. The summed E-state index contributed by atoms with van der Waals surface area (Å²) in [6.45, 7) is 4.71. The van der Waals surface area contributed by atoms with Crippen molar-refractivity contribution in [3.05, 3.63) is 0 Å². The first-order chi connectivity index (χ1) is 6.14. The van der Waals surface area contributed by atoms with Gasteiger partial charge in [0.15, 0.2) is 0 Å². The molecule has 0 aromatic rings. The zero-order valence-corrected chi connectivity index (χ0v) is 9.01. The molecule has 1 rings (SSSR count). The molecule has 74 valence electrons. The third kappa shape index (κ3) is 3.73. The highest BCUT2D eigenvalue weighted by atomic mass is 14.8. The molecule has 1 fully saturated rings. The van der Waals surface area contributed by atoms with Crippen LogP contribution in [0.25, 0.3) is 0 Å². The van der Waals surface area contributed by atoms with Gasteiger partial charge in [0, 0.05) is 7.05 Å². The molecule has 1 aliphatic carbocycles. The van der Waals surface area contributed by atoms with Crippen LogP contribution >= 0.6 is 0 Å². The predicted molar refractivity (Wildman–Crippen MR) is 56.4 cm³/mol. The van der Waals surface area contributed by atoms with E-state index in [9.17, 15) is 0 Å². The third-order valence-corrected chi connectivity index (χ3v) is 2.89. The summed E-state index contributed by atoms with van der Waals surface area (Å²) in [5.74, 6) is 0. The van der Waals surface area contributed by atoms with Gasteiger partial charge in [-0.3, -0.25) is 0 Å². The summed E-state index contributed by atoms with van der Waals surface area (Å²) in [7, 11) is 1.73. The van der Waals surface area contributed by atoms with Gasteiger partial charge in [0.05, 0.1) is 12.1 Å². The van der Waals surface area contributed by atoms with Gasteiger partial charge in [-0.15, -0.1) is 0 Å². The van der Waals surface area contributed by atoms with Crippen molar-refractivity contribution in [2.24, 2.45) is 15.4 Å². The summed E-state index contributed by atoms with van der Waals surface area (Å²) in [6, 6.07) is 3.20. The van der Waals surface area contributed by atoms with Crippen LogP contribution < -0.4 is 0 Å². The van der Waals surface area contributed by atoms with Crippen LogP contribution in [0.2, 0.25) is 0 Å². The summed E-state index contributed by atoms with van der Waals surface area (Å²) in [6.07, 6.45) is 6.34. The van der Waals surface area contributed by atoms with Crippen LogP contribution in [0.3, 0.4) is 0 Å². The highest BCUT2D eigenvalue weighted by molar-refractivity contribution is 5.41. The highest BCUT2D eigenvalue weighted by Crippen LogP contribution is 2.34. The topological polar surface area (TPSA) is 24.7 Å². The number of rotatable bonds is 1. The van der Waals surface area contributed by atoms with Gasteiger partial charge in [-0.1, -0.05) is 20.3 Å². The Balaban J connectivity index is 2.50. The quantitative estimate of drug-likeness (QED) is 0.437. The van der Waals surface area contributed by atoms with E-state index in [-0.39, 0.29) is 0 Å². The van der Waals surface area contributed by atoms with Crippen molar-refractivity contribution in [1.29, 1.82) is 0 Å². The Morgan fingerprint density at radius 1 is 1.23 bits per heavy atom. The van der Waals surface area contributed by atoms with E-state index >= 15 is 0 Å².